The number of unbranched alkanes of at least 4 members (excludes halogenated alkanes) is 5. The fourth-order valence-corrected chi connectivity index (χ4v) is 4.48. The van der Waals surface area contributed by atoms with Crippen LogP contribution in [0.15, 0.2) is 0 Å². The monoisotopic (exact) mass is 336 g/mol. The number of rotatable bonds is 9. The standard InChI is InChI=1S/C18H28N2O2S/c1-2-3-4-5-6-7-12-15(21)20-18-16(17(19)22)13-10-8-9-11-14(13)23-18/h2-12H2,1H3,(H2,19,22)(H,20,21). The van der Waals surface area contributed by atoms with Gasteiger partial charge in [-0.3, -0.25) is 9.59 Å². The molecule has 0 aliphatic heterocycles. The molecule has 4 nitrogen and oxygen atoms in total. The van der Waals surface area contributed by atoms with Crippen LogP contribution < -0.4 is 11.1 Å². The second-order valence-corrected chi connectivity index (χ2v) is 7.45. The summed E-state index contributed by atoms with van der Waals surface area (Å²) in [6.07, 6.45) is 11.6. The van der Waals surface area contributed by atoms with E-state index in [1.54, 1.807) is 0 Å². The molecule has 0 fully saturated rings. The van der Waals surface area contributed by atoms with Crippen molar-refractivity contribution in [3.8, 4) is 0 Å². The summed E-state index contributed by atoms with van der Waals surface area (Å²) in [6, 6.07) is 0. The van der Waals surface area contributed by atoms with E-state index in [2.05, 4.69) is 12.2 Å². The Labute approximate surface area is 142 Å². The number of nitrogens with one attached hydrogen (secondary N) is 1. The summed E-state index contributed by atoms with van der Waals surface area (Å²) >= 11 is 1.54. The number of carbonyl (C=O) groups excluding carboxylic acids is 2. The highest BCUT2D eigenvalue weighted by Crippen LogP contribution is 2.37. The quantitative estimate of drug-likeness (QED) is 0.655. The maximum Gasteiger partial charge on any atom is 0.251 e. The van der Waals surface area contributed by atoms with Crippen LogP contribution >= 0.6 is 11.3 Å². The molecule has 0 radical (unpaired) electrons. The van der Waals surface area contributed by atoms with Gasteiger partial charge in [0.05, 0.1) is 5.56 Å². The van der Waals surface area contributed by atoms with Crippen molar-refractivity contribution in [2.75, 3.05) is 5.32 Å². The summed E-state index contributed by atoms with van der Waals surface area (Å²) in [5.41, 5.74) is 7.17. The van der Waals surface area contributed by atoms with Gasteiger partial charge in [-0.2, -0.15) is 0 Å². The number of anilines is 1. The van der Waals surface area contributed by atoms with Crippen LogP contribution in [0.25, 0.3) is 0 Å². The number of amides is 2. The van der Waals surface area contributed by atoms with Gasteiger partial charge < -0.3 is 11.1 Å². The molecule has 2 rings (SSSR count). The van der Waals surface area contributed by atoms with Gasteiger partial charge in [-0.25, -0.2) is 0 Å². The topological polar surface area (TPSA) is 72.2 Å². The number of carbonyl (C=O) groups is 2. The van der Waals surface area contributed by atoms with Crippen LogP contribution in [0.2, 0.25) is 0 Å². The smallest absolute Gasteiger partial charge is 0.251 e. The highest BCUT2D eigenvalue weighted by molar-refractivity contribution is 7.17. The maximum atomic E-state index is 12.1. The van der Waals surface area contributed by atoms with Crippen LogP contribution in [0.3, 0.4) is 0 Å². The summed E-state index contributed by atoms with van der Waals surface area (Å²) in [5, 5.41) is 3.60. The van der Waals surface area contributed by atoms with Gasteiger partial charge in [-0.15, -0.1) is 11.3 Å². The van der Waals surface area contributed by atoms with Gasteiger partial charge in [0.2, 0.25) is 5.91 Å². The Morgan fingerprint density at radius 3 is 2.52 bits per heavy atom. The molecule has 0 aromatic carbocycles. The fourth-order valence-electron chi connectivity index (χ4n) is 3.17. The Kier molecular flexibility index (Phi) is 7.09. The number of primary amides is 1. The zero-order valence-electron chi connectivity index (χ0n) is 14.1. The Balaban J connectivity index is 1.88. The molecule has 1 aliphatic rings. The van der Waals surface area contributed by atoms with E-state index < -0.39 is 5.91 Å². The summed E-state index contributed by atoms with van der Waals surface area (Å²) < 4.78 is 0. The average molecular weight is 337 g/mol. The minimum absolute atomic E-state index is 0.00147. The van der Waals surface area contributed by atoms with Crippen molar-refractivity contribution in [2.45, 2.75) is 77.6 Å². The third kappa shape index (κ3) is 5.06. The zero-order chi connectivity index (χ0) is 16.7. The van der Waals surface area contributed by atoms with Crippen LogP contribution in [0, 0.1) is 0 Å². The van der Waals surface area contributed by atoms with E-state index in [4.69, 9.17) is 5.73 Å². The molecule has 1 aliphatic carbocycles. The van der Waals surface area contributed by atoms with Gasteiger partial charge in [0.15, 0.2) is 0 Å². The van der Waals surface area contributed by atoms with Gasteiger partial charge in [0.25, 0.3) is 5.91 Å². The van der Waals surface area contributed by atoms with Gasteiger partial charge >= 0.3 is 0 Å². The molecular weight excluding hydrogens is 308 g/mol. The molecule has 5 heteroatoms. The second kappa shape index (κ2) is 9.06. The lowest BCUT2D eigenvalue weighted by molar-refractivity contribution is -0.116. The first-order valence-electron chi connectivity index (χ1n) is 8.87. The second-order valence-electron chi connectivity index (χ2n) is 6.35. The predicted octanol–water partition coefficient (Wildman–Crippen LogP) is 4.41. The molecule has 0 saturated heterocycles. The Morgan fingerprint density at radius 1 is 1.09 bits per heavy atom. The molecule has 1 heterocycles. The Hall–Kier alpha value is -1.36. The molecule has 1 aromatic heterocycles. The predicted molar refractivity (Wildman–Crippen MR) is 96.1 cm³/mol. The number of thiophene rings is 1. The van der Waals surface area contributed by atoms with E-state index in [0.717, 1.165) is 44.1 Å². The number of nitrogens with two attached hydrogens (primary N) is 1. The fraction of sp³-hybridized carbons (Fsp3) is 0.667. The van der Waals surface area contributed by atoms with Gasteiger partial charge in [0, 0.05) is 11.3 Å². The summed E-state index contributed by atoms with van der Waals surface area (Å²) in [5.74, 6) is -0.416. The third-order valence-corrected chi connectivity index (χ3v) is 5.64. The first-order chi connectivity index (χ1) is 11.1. The molecule has 0 spiro atoms. The summed E-state index contributed by atoms with van der Waals surface area (Å²) in [4.78, 5) is 25.1. The van der Waals surface area contributed by atoms with E-state index in [-0.39, 0.29) is 5.91 Å². The average Bonchev–Trinajstić information content (AvgIpc) is 2.88. The normalized spacial score (nSPS) is 13.6. The maximum absolute atomic E-state index is 12.1. The molecule has 3 N–H and O–H groups in total. The van der Waals surface area contributed by atoms with Crippen LogP contribution in [-0.4, -0.2) is 11.8 Å². The third-order valence-electron chi connectivity index (χ3n) is 4.43. The molecule has 1 aromatic rings. The van der Waals surface area contributed by atoms with Crippen molar-refractivity contribution < 1.29 is 9.59 Å². The van der Waals surface area contributed by atoms with Gasteiger partial charge in [0.1, 0.15) is 5.00 Å². The first-order valence-corrected chi connectivity index (χ1v) is 9.69. The first kappa shape index (κ1) is 18.0. The number of hydrogen-bond donors (Lipinski definition) is 2. The summed E-state index contributed by atoms with van der Waals surface area (Å²) in [7, 11) is 0. The number of fused-ring (bicyclic) bond motifs is 1. The van der Waals surface area contributed by atoms with Crippen molar-refractivity contribution in [1.82, 2.24) is 0 Å². The van der Waals surface area contributed by atoms with Gasteiger partial charge in [-0.05, 0) is 37.7 Å². The van der Waals surface area contributed by atoms with Crippen LogP contribution in [0.4, 0.5) is 5.00 Å². The zero-order valence-corrected chi connectivity index (χ0v) is 14.9. The highest BCUT2D eigenvalue weighted by Gasteiger charge is 2.24. The molecule has 23 heavy (non-hydrogen) atoms. The van der Waals surface area contributed by atoms with Crippen LogP contribution in [0.5, 0.6) is 0 Å². The lowest BCUT2D eigenvalue weighted by Crippen LogP contribution is -2.18. The van der Waals surface area contributed by atoms with Crippen molar-refractivity contribution in [3.63, 3.8) is 0 Å². The molecule has 0 saturated carbocycles. The lowest BCUT2D eigenvalue weighted by atomic mass is 9.95. The van der Waals surface area contributed by atoms with E-state index in [0.29, 0.717) is 17.0 Å². The molecule has 0 unspecified atom stereocenters. The minimum Gasteiger partial charge on any atom is -0.365 e. The largest absolute Gasteiger partial charge is 0.365 e. The summed E-state index contributed by atoms with van der Waals surface area (Å²) in [6.45, 7) is 2.20. The SMILES string of the molecule is CCCCCCCCC(=O)Nc1sc2c(c1C(N)=O)CCCC2. The van der Waals surface area contributed by atoms with Crippen molar-refractivity contribution in [3.05, 3.63) is 16.0 Å². The molecular formula is C18H28N2O2S. The molecule has 2 amide bonds. The van der Waals surface area contributed by atoms with E-state index in [1.165, 1.54) is 41.9 Å². The van der Waals surface area contributed by atoms with Crippen molar-refractivity contribution in [2.24, 2.45) is 5.73 Å². The number of aryl methyl sites for hydroxylation is 1. The Bertz CT molecular complexity index is 551. The lowest BCUT2D eigenvalue weighted by Gasteiger charge is -2.11. The molecule has 128 valence electrons. The molecule has 0 bridgehead atoms. The van der Waals surface area contributed by atoms with E-state index >= 15 is 0 Å². The molecule has 0 atom stereocenters. The van der Waals surface area contributed by atoms with Crippen LogP contribution in [-0.2, 0) is 17.6 Å². The Morgan fingerprint density at radius 2 is 1.78 bits per heavy atom. The minimum atomic E-state index is -0.417. The van der Waals surface area contributed by atoms with Gasteiger partial charge in [-0.1, -0.05) is 39.0 Å². The highest BCUT2D eigenvalue weighted by atomic mass is 32.1. The van der Waals surface area contributed by atoms with E-state index in [1.807, 2.05) is 0 Å². The van der Waals surface area contributed by atoms with Crippen molar-refractivity contribution >= 4 is 28.2 Å². The van der Waals surface area contributed by atoms with Crippen molar-refractivity contribution in [1.29, 1.82) is 0 Å². The number of hydrogen-bond acceptors (Lipinski definition) is 3. The van der Waals surface area contributed by atoms with E-state index in [9.17, 15) is 9.59 Å². The van der Waals surface area contributed by atoms with Crippen LogP contribution in [0.1, 0.15) is 85.5 Å².